The number of carbonyl (C=O) groups excluding carboxylic acids is 1. The zero-order valence-corrected chi connectivity index (χ0v) is 16.5. The summed E-state index contributed by atoms with van der Waals surface area (Å²) >= 11 is 0. The van der Waals surface area contributed by atoms with Crippen LogP contribution in [0.1, 0.15) is 25.7 Å². The van der Waals surface area contributed by atoms with E-state index >= 15 is 0 Å². The average molecular weight is 394 g/mol. The Balaban J connectivity index is 0.00000156. The first-order valence-electron chi connectivity index (χ1n) is 8.43. The minimum atomic E-state index is -0.665. The summed E-state index contributed by atoms with van der Waals surface area (Å²) in [6.45, 7) is 3.49. The summed E-state index contributed by atoms with van der Waals surface area (Å²) in [5.74, 6) is 0.0412. The number of ether oxygens (including phenoxy) is 1. The third kappa shape index (κ3) is 5.00. The van der Waals surface area contributed by atoms with E-state index in [9.17, 15) is 4.79 Å². The number of nitrogens with one attached hydrogen (secondary N) is 2. The summed E-state index contributed by atoms with van der Waals surface area (Å²) in [5.41, 5.74) is 0.455. The van der Waals surface area contributed by atoms with Gasteiger partial charge in [-0.15, -0.1) is 24.8 Å². The summed E-state index contributed by atoms with van der Waals surface area (Å²) in [7, 11) is 3.57. The van der Waals surface area contributed by atoms with Crippen molar-refractivity contribution in [2.24, 2.45) is 7.05 Å². The third-order valence-corrected chi connectivity index (χ3v) is 5.03. The Morgan fingerprint density at radius 3 is 2.72 bits per heavy atom. The molecule has 0 spiro atoms. The van der Waals surface area contributed by atoms with E-state index in [1.807, 2.05) is 24.1 Å². The molecule has 7 nitrogen and oxygen atoms in total. The van der Waals surface area contributed by atoms with Gasteiger partial charge in [-0.25, -0.2) is 0 Å². The van der Waals surface area contributed by atoms with Gasteiger partial charge in [0.2, 0.25) is 0 Å². The quantitative estimate of drug-likeness (QED) is 0.801. The predicted molar refractivity (Wildman–Crippen MR) is 103 cm³/mol. The number of amides is 1. The number of aryl methyl sites for hydroxylation is 1. The van der Waals surface area contributed by atoms with E-state index in [0.29, 0.717) is 0 Å². The van der Waals surface area contributed by atoms with Crippen molar-refractivity contribution in [2.45, 2.75) is 37.3 Å². The van der Waals surface area contributed by atoms with Crippen LogP contribution >= 0.6 is 24.8 Å². The van der Waals surface area contributed by atoms with Gasteiger partial charge in [0.25, 0.3) is 5.91 Å². The molecule has 0 radical (unpaired) electrons. The number of rotatable bonds is 4. The van der Waals surface area contributed by atoms with Crippen LogP contribution in [-0.2, 0) is 16.6 Å². The van der Waals surface area contributed by atoms with Crippen molar-refractivity contribution in [3.8, 4) is 0 Å². The van der Waals surface area contributed by atoms with E-state index in [2.05, 4.69) is 20.6 Å². The maximum atomic E-state index is 12.8. The third-order valence-electron chi connectivity index (χ3n) is 5.03. The second-order valence-electron chi connectivity index (χ2n) is 6.58. The van der Waals surface area contributed by atoms with Crippen molar-refractivity contribution in [2.75, 3.05) is 38.2 Å². The Labute approximate surface area is 161 Å². The number of anilines is 1. The Hall–Kier alpha value is -1.02. The lowest BCUT2D eigenvalue weighted by Crippen LogP contribution is -2.58. The van der Waals surface area contributed by atoms with E-state index in [4.69, 9.17) is 4.74 Å². The number of hydrogen-bond donors (Lipinski definition) is 2. The molecular weight excluding hydrogens is 365 g/mol. The fourth-order valence-corrected chi connectivity index (χ4v) is 3.57. The second kappa shape index (κ2) is 9.62. The van der Waals surface area contributed by atoms with Crippen LogP contribution in [0.15, 0.2) is 12.4 Å². The van der Waals surface area contributed by atoms with E-state index in [1.54, 1.807) is 7.11 Å². The van der Waals surface area contributed by atoms with E-state index in [-0.39, 0.29) is 36.8 Å². The highest BCUT2D eigenvalue weighted by Gasteiger charge is 2.40. The number of carbonyl (C=O) groups is 1. The maximum absolute atomic E-state index is 12.8. The molecule has 0 aromatic carbocycles. The fraction of sp³-hybridized carbons (Fsp3) is 0.750. The van der Waals surface area contributed by atoms with Gasteiger partial charge in [0.15, 0.2) is 0 Å². The molecule has 2 N–H and O–H groups in total. The zero-order valence-electron chi connectivity index (χ0n) is 14.9. The van der Waals surface area contributed by atoms with Gasteiger partial charge in [-0.2, -0.15) is 5.10 Å². The molecule has 0 saturated carbocycles. The van der Waals surface area contributed by atoms with Crippen LogP contribution in [-0.4, -0.2) is 60.6 Å². The molecule has 1 amide bonds. The number of piperidine rings is 2. The lowest BCUT2D eigenvalue weighted by molar-refractivity contribution is -0.147. The van der Waals surface area contributed by atoms with Gasteiger partial charge in [-0.3, -0.25) is 9.48 Å². The monoisotopic (exact) mass is 393 g/mol. The normalized spacial score (nSPS) is 22.5. The summed E-state index contributed by atoms with van der Waals surface area (Å²) < 4.78 is 7.43. The first-order chi connectivity index (χ1) is 11.1. The predicted octanol–water partition coefficient (Wildman–Crippen LogP) is 1.12. The molecule has 1 aromatic heterocycles. The van der Waals surface area contributed by atoms with Crippen LogP contribution in [0.4, 0.5) is 5.69 Å². The Morgan fingerprint density at radius 2 is 2.12 bits per heavy atom. The molecular formula is C16H29Cl2N5O2. The molecule has 3 rings (SSSR count). The molecule has 144 valence electrons. The molecule has 0 bridgehead atoms. The van der Waals surface area contributed by atoms with Crippen molar-refractivity contribution < 1.29 is 9.53 Å². The summed E-state index contributed by atoms with van der Waals surface area (Å²) in [6.07, 6.45) is 7.45. The van der Waals surface area contributed by atoms with Crippen molar-refractivity contribution >= 4 is 36.4 Å². The fourth-order valence-electron chi connectivity index (χ4n) is 3.57. The van der Waals surface area contributed by atoms with Crippen LogP contribution < -0.4 is 15.5 Å². The number of halogens is 2. The molecule has 3 heterocycles. The molecule has 9 heteroatoms. The number of methoxy groups -OCH3 is 1. The van der Waals surface area contributed by atoms with Gasteiger partial charge >= 0.3 is 0 Å². The number of nitrogens with zero attached hydrogens (tertiary/aromatic N) is 3. The largest absolute Gasteiger partial charge is 0.368 e. The van der Waals surface area contributed by atoms with Crippen molar-refractivity contribution in [3.63, 3.8) is 0 Å². The number of aromatic nitrogens is 2. The summed E-state index contributed by atoms with van der Waals surface area (Å²) in [4.78, 5) is 15.1. The minimum absolute atomic E-state index is 0. The van der Waals surface area contributed by atoms with Gasteiger partial charge in [-0.05, 0) is 38.8 Å². The zero-order chi connectivity index (χ0) is 16.3. The maximum Gasteiger partial charge on any atom is 0.252 e. The molecule has 1 unspecified atom stereocenters. The van der Waals surface area contributed by atoms with Gasteiger partial charge in [0, 0.05) is 39.5 Å². The van der Waals surface area contributed by atoms with E-state index in [0.717, 1.165) is 57.5 Å². The van der Waals surface area contributed by atoms with Crippen molar-refractivity contribution in [3.05, 3.63) is 12.4 Å². The minimum Gasteiger partial charge on any atom is -0.368 e. The van der Waals surface area contributed by atoms with Crippen molar-refractivity contribution in [1.82, 2.24) is 20.4 Å². The molecule has 2 saturated heterocycles. The lowest BCUT2D eigenvalue weighted by atomic mass is 9.90. The van der Waals surface area contributed by atoms with E-state index in [1.165, 1.54) is 0 Å². The van der Waals surface area contributed by atoms with Crippen LogP contribution in [0.3, 0.4) is 0 Å². The lowest BCUT2D eigenvalue weighted by Gasteiger charge is -2.38. The topological polar surface area (TPSA) is 71.4 Å². The Morgan fingerprint density at radius 1 is 1.40 bits per heavy atom. The van der Waals surface area contributed by atoms with Crippen LogP contribution in [0, 0.1) is 0 Å². The Kier molecular flexibility index (Phi) is 8.47. The molecule has 1 aromatic rings. The summed E-state index contributed by atoms with van der Waals surface area (Å²) in [5, 5.41) is 10.7. The SMILES string of the molecule is COC1(C(=O)NC2CCCN(c3cnn(C)c3)C2)CCNCC1.Cl.Cl. The smallest absolute Gasteiger partial charge is 0.252 e. The first kappa shape index (κ1) is 22.0. The van der Waals surface area contributed by atoms with Gasteiger partial charge in [0.1, 0.15) is 5.60 Å². The van der Waals surface area contributed by atoms with Gasteiger partial charge in [-0.1, -0.05) is 0 Å². The Bertz CT molecular complexity index is 548. The van der Waals surface area contributed by atoms with Crippen LogP contribution in [0.5, 0.6) is 0 Å². The van der Waals surface area contributed by atoms with Gasteiger partial charge < -0.3 is 20.3 Å². The van der Waals surface area contributed by atoms with Gasteiger partial charge in [0.05, 0.1) is 11.9 Å². The number of hydrogen-bond acceptors (Lipinski definition) is 5. The first-order valence-corrected chi connectivity index (χ1v) is 8.43. The molecule has 2 aliphatic heterocycles. The highest BCUT2D eigenvalue weighted by Crippen LogP contribution is 2.24. The molecule has 2 fully saturated rings. The average Bonchev–Trinajstić information content (AvgIpc) is 3.02. The van der Waals surface area contributed by atoms with Crippen molar-refractivity contribution in [1.29, 1.82) is 0 Å². The molecule has 0 aliphatic carbocycles. The van der Waals surface area contributed by atoms with E-state index < -0.39 is 5.60 Å². The summed E-state index contributed by atoms with van der Waals surface area (Å²) in [6, 6.07) is 0.165. The van der Waals surface area contributed by atoms with Crippen LogP contribution in [0.2, 0.25) is 0 Å². The highest BCUT2D eigenvalue weighted by atomic mass is 35.5. The molecule has 25 heavy (non-hydrogen) atoms. The highest BCUT2D eigenvalue weighted by molar-refractivity contribution is 5.86. The molecule has 1 atom stereocenters. The molecule has 2 aliphatic rings. The second-order valence-corrected chi connectivity index (χ2v) is 6.58. The van der Waals surface area contributed by atoms with Crippen LogP contribution in [0.25, 0.3) is 0 Å². The standard InChI is InChI=1S/C16H27N5O2.2ClH/c1-20-12-14(10-18-20)21-9-3-4-13(11-21)19-15(22)16(23-2)5-7-17-8-6-16;;/h10,12-13,17H,3-9,11H2,1-2H3,(H,19,22);2*1H.